The predicted molar refractivity (Wildman–Crippen MR) is 217 cm³/mol. The third-order valence-electron chi connectivity index (χ3n) is 11.8. The number of benzene rings is 9. The molecule has 0 fully saturated rings. The molecule has 0 aliphatic heterocycles. The fourth-order valence-corrected chi connectivity index (χ4v) is 9.22. The Morgan fingerprint density at radius 2 is 0.765 bits per heavy atom. The van der Waals surface area contributed by atoms with Gasteiger partial charge < -0.3 is 0 Å². The molecular weight excluding hydrogens is 613 g/mol. The summed E-state index contributed by atoms with van der Waals surface area (Å²) in [6.45, 7) is 4.77. The quantitative estimate of drug-likeness (QED) is 0.179. The second-order valence-corrected chi connectivity index (χ2v) is 14.9. The third kappa shape index (κ3) is 4.08. The second-order valence-electron chi connectivity index (χ2n) is 14.9. The minimum Gasteiger partial charge on any atom is -0.0616 e. The van der Waals surface area contributed by atoms with Crippen molar-refractivity contribution in [1.82, 2.24) is 0 Å². The van der Waals surface area contributed by atoms with E-state index >= 15 is 0 Å². The van der Waals surface area contributed by atoms with Gasteiger partial charge in [-0.1, -0.05) is 159 Å². The second kappa shape index (κ2) is 10.4. The predicted octanol–water partition coefficient (Wildman–Crippen LogP) is 14.1. The molecule has 2 aliphatic rings. The van der Waals surface area contributed by atoms with Crippen LogP contribution in [0.15, 0.2) is 170 Å². The van der Waals surface area contributed by atoms with Crippen molar-refractivity contribution in [3.8, 4) is 66.8 Å². The zero-order chi connectivity index (χ0) is 33.8. The Morgan fingerprint density at radius 1 is 0.294 bits per heavy atom. The summed E-state index contributed by atoms with van der Waals surface area (Å²) in [5.41, 5.74) is 18.4. The van der Waals surface area contributed by atoms with E-state index in [0.717, 1.165) is 0 Å². The standard InChI is InChI=1S/C51H34/c1-51(2)48-29-34(21-23-43(48)44-24-22-36(30-49(44)51)39-14-7-10-32-9-3-4-11-38(32)39)33-19-17-31-18-20-35(28-37(31)27-33)40-25-26-47-42-13-6-5-12-41(42)46-16-8-15-45(40)50(46)47/h3-30H,1-2H3. The van der Waals surface area contributed by atoms with Crippen molar-refractivity contribution in [3.05, 3.63) is 181 Å². The van der Waals surface area contributed by atoms with Gasteiger partial charge in [-0.05, 0) is 134 Å². The third-order valence-corrected chi connectivity index (χ3v) is 11.8. The Labute approximate surface area is 298 Å². The van der Waals surface area contributed by atoms with Crippen LogP contribution >= 0.6 is 0 Å². The van der Waals surface area contributed by atoms with E-state index in [4.69, 9.17) is 0 Å². The van der Waals surface area contributed by atoms with Crippen molar-refractivity contribution in [2.45, 2.75) is 19.3 Å². The van der Waals surface area contributed by atoms with E-state index in [1.165, 1.54) is 110 Å². The largest absolute Gasteiger partial charge is 0.0616 e. The molecule has 0 bridgehead atoms. The summed E-state index contributed by atoms with van der Waals surface area (Å²) in [4.78, 5) is 0. The van der Waals surface area contributed by atoms with Gasteiger partial charge in [0.25, 0.3) is 0 Å². The monoisotopic (exact) mass is 646 g/mol. The maximum Gasteiger partial charge on any atom is 0.0159 e. The molecule has 2 aliphatic carbocycles. The molecule has 0 aromatic heterocycles. The lowest BCUT2D eigenvalue weighted by atomic mass is 9.80. The summed E-state index contributed by atoms with van der Waals surface area (Å²) in [5, 5.41) is 7.79. The Kier molecular flexibility index (Phi) is 5.82. The van der Waals surface area contributed by atoms with Crippen molar-refractivity contribution in [1.29, 1.82) is 0 Å². The molecule has 0 amide bonds. The van der Waals surface area contributed by atoms with E-state index in [1.54, 1.807) is 0 Å². The molecule has 51 heavy (non-hydrogen) atoms. The van der Waals surface area contributed by atoms with Gasteiger partial charge in [0.2, 0.25) is 0 Å². The number of fused-ring (bicyclic) bond motifs is 8. The first-order chi connectivity index (χ1) is 25.0. The topological polar surface area (TPSA) is 0 Å². The lowest BCUT2D eigenvalue weighted by Crippen LogP contribution is -2.15. The van der Waals surface area contributed by atoms with Crippen LogP contribution in [-0.2, 0) is 5.41 Å². The van der Waals surface area contributed by atoms with Gasteiger partial charge in [0.15, 0.2) is 0 Å². The summed E-state index contributed by atoms with van der Waals surface area (Å²) in [5.74, 6) is 0. The average Bonchev–Trinajstić information content (AvgIpc) is 3.63. The van der Waals surface area contributed by atoms with Crippen LogP contribution in [0.1, 0.15) is 25.0 Å². The van der Waals surface area contributed by atoms with Crippen molar-refractivity contribution in [2.75, 3.05) is 0 Å². The number of hydrogen-bond acceptors (Lipinski definition) is 0. The van der Waals surface area contributed by atoms with E-state index in [-0.39, 0.29) is 5.41 Å². The first-order valence-electron chi connectivity index (χ1n) is 18.0. The van der Waals surface area contributed by atoms with Crippen LogP contribution in [0, 0.1) is 0 Å². The minimum atomic E-state index is -0.110. The van der Waals surface area contributed by atoms with Gasteiger partial charge in [0.1, 0.15) is 0 Å². The van der Waals surface area contributed by atoms with E-state index < -0.39 is 0 Å². The fourth-order valence-electron chi connectivity index (χ4n) is 9.22. The summed E-state index contributed by atoms with van der Waals surface area (Å²) < 4.78 is 0. The normalized spacial score (nSPS) is 13.5. The smallest absolute Gasteiger partial charge is 0.0159 e. The highest BCUT2D eigenvalue weighted by Crippen LogP contribution is 2.52. The number of hydrogen-bond donors (Lipinski definition) is 0. The molecule has 9 aromatic rings. The molecule has 0 heteroatoms. The van der Waals surface area contributed by atoms with Gasteiger partial charge in [-0.3, -0.25) is 0 Å². The summed E-state index contributed by atoms with van der Waals surface area (Å²) in [6, 6.07) is 63.6. The lowest BCUT2D eigenvalue weighted by molar-refractivity contribution is 0.661. The first kappa shape index (κ1) is 28.6. The molecule has 0 radical (unpaired) electrons. The fraction of sp³-hybridized carbons (Fsp3) is 0.0588. The Balaban J connectivity index is 0.982. The molecule has 0 N–H and O–H groups in total. The van der Waals surface area contributed by atoms with Crippen LogP contribution in [0.25, 0.3) is 99.1 Å². The highest BCUT2D eigenvalue weighted by Gasteiger charge is 2.36. The van der Waals surface area contributed by atoms with Crippen molar-refractivity contribution in [2.24, 2.45) is 0 Å². The van der Waals surface area contributed by atoms with Crippen LogP contribution in [-0.4, -0.2) is 0 Å². The summed E-state index contributed by atoms with van der Waals surface area (Å²) >= 11 is 0. The molecule has 0 atom stereocenters. The molecular formula is C51H34. The van der Waals surface area contributed by atoms with E-state index in [1.807, 2.05) is 0 Å². The van der Waals surface area contributed by atoms with Crippen LogP contribution < -0.4 is 0 Å². The van der Waals surface area contributed by atoms with E-state index in [9.17, 15) is 0 Å². The molecule has 0 spiro atoms. The highest BCUT2D eigenvalue weighted by molar-refractivity contribution is 6.19. The van der Waals surface area contributed by atoms with Crippen LogP contribution in [0.2, 0.25) is 0 Å². The maximum absolute atomic E-state index is 2.44. The summed E-state index contributed by atoms with van der Waals surface area (Å²) in [7, 11) is 0. The lowest BCUT2D eigenvalue weighted by Gasteiger charge is -2.23. The van der Waals surface area contributed by atoms with E-state index in [0.29, 0.717) is 0 Å². The molecule has 11 rings (SSSR count). The molecule has 0 saturated carbocycles. The number of rotatable bonds is 3. The highest BCUT2D eigenvalue weighted by atomic mass is 14.4. The van der Waals surface area contributed by atoms with Crippen molar-refractivity contribution in [3.63, 3.8) is 0 Å². The average molecular weight is 647 g/mol. The van der Waals surface area contributed by atoms with Gasteiger partial charge in [0.05, 0.1) is 0 Å². The van der Waals surface area contributed by atoms with Crippen molar-refractivity contribution < 1.29 is 0 Å². The van der Waals surface area contributed by atoms with Crippen LogP contribution in [0.5, 0.6) is 0 Å². The van der Waals surface area contributed by atoms with Gasteiger partial charge in [-0.15, -0.1) is 0 Å². The van der Waals surface area contributed by atoms with Gasteiger partial charge >= 0.3 is 0 Å². The van der Waals surface area contributed by atoms with Gasteiger partial charge in [-0.25, -0.2) is 0 Å². The van der Waals surface area contributed by atoms with Crippen molar-refractivity contribution >= 4 is 32.3 Å². The Hall–Kier alpha value is -6.24. The molecule has 238 valence electrons. The van der Waals surface area contributed by atoms with Crippen LogP contribution in [0.3, 0.4) is 0 Å². The Bertz CT molecular complexity index is 2900. The maximum atomic E-state index is 2.44. The molecule has 0 heterocycles. The zero-order valence-electron chi connectivity index (χ0n) is 28.7. The van der Waals surface area contributed by atoms with Crippen LogP contribution in [0.4, 0.5) is 0 Å². The zero-order valence-corrected chi connectivity index (χ0v) is 28.7. The molecule has 0 unspecified atom stereocenters. The first-order valence-corrected chi connectivity index (χ1v) is 18.0. The van der Waals surface area contributed by atoms with Gasteiger partial charge in [0, 0.05) is 5.41 Å². The SMILES string of the molecule is CC1(C)c2cc(-c3ccc4ccc(-c5ccc6c7c(cccc57)-c5ccccc5-6)cc4c3)ccc2-c2ccc(-c3cccc4ccccc34)cc21. The van der Waals surface area contributed by atoms with Gasteiger partial charge in [-0.2, -0.15) is 0 Å². The Morgan fingerprint density at radius 3 is 1.59 bits per heavy atom. The molecule has 0 nitrogen and oxygen atoms in total. The summed E-state index contributed by atoms with van der Waals surface area (Å²) in [6.07, 6.45) is 0. The van der Waals surface area contributed by atoms with E-state index in [2.05, 4.69) is 184 Å². The minimum absolute atomic E-state index is 0.110. The molecule has 9 aromatic carbocycles. The molecule has 0 saturated heterocycles.